The molecule has 32 heavy (non-hydrogen) atoms. The van der Waals surface area contributed by atoms with Crippen molar-refractivity contribution >= 4 is 27.3 Å². The maximum absolute atomic E-state index is 12.8. The van der Waals surface area contributed by atoms with E-state index in [-0.39, 0.29) is 0 Å². The van der Waals surface area contributed by atoms with Gasteiger partial charge in [0.2, 0.25) is 10.0 Å². The molecule has 0 saturated carbocycles. The van der Waals surface area contributed by atoms with Crippen LogP contribution in [0.5, 0.6) is 17.2 Å². The SMILES string of the molecule is CC/C(=N/NC(=O)[C@H](C)N(c1ccc(OC)cc1)S(C)(=O)=O)c1ccc2c(c1)OCCO2. The number of amides is 1. The van der Waals surface area contributed by atoms with E-state index in [2.05, 4.69) is 10.5 Å². The van der Waals surface area contributed by atoms with Crippen molar-refractivity contribution in [3.05, 3.63) is 48.0 Å². The lowest BCUT2D eigenvalue weighted by Gasteiger charge is -2.27. The lowest BCUT2D eigenvalue weighted by Crippen LogP contribution is -2.47. The van der Waals surface area contributed by atoms with Gasteiger partial charge in [-0.2, -0.15) is 5.10 Å². The van der Waals surface area contributed by atoms with Crippen LogP contribution in [-0.4, -0.2) is 52.7 Å². The summed E-state index contributed by atoms with van der Waals surface area (Å²) in [7, 11) is -2.22. The number of carbonyl (C=O) groups excluding carboxylic acids is 1. The zero-order chi connectivity index (χ0) is 23.3. The minimum Gasteiger partial charge on any atom is -0.497 e. The summed E-state index contributed by atoms with van der Waals surface area (Å²) in [4.78, 5) is 12.8. The van der Waals surface area contributed by atoms with Gasteiger partial charge in [0.15, 0.2) is 11.5 Å². The molecule has 1 atom stereocenters. The maximum Gasteiger partial charge on any atom is 0.263 e. The van der Waals surface area contributed by atoms with E-state index >= 15 is 0 Å². The minimum absolute atomic E-state index is 0.350. The number of hydrazone groups is 1. The molecule has 1 amide bonds. The van der Waals surface area contributed by atoms with Crippen molar-refractivity contribution in [1.29, 1.82) is 0 Å². The normalized spacial score (nSPS) is 14.4. The monoisotopic (exact) mass is 461 g/mol. The molecule has 0 fully saturated rings. The first kappa shape index (κ1) is 23.4. The first-order valence-electron chi connectivity index (χ1n) is 10.1. The van der Waals surface area contributed by atoms with Gasteiger partial charge in [-0.05, 0) is 55.8 Å². The number of carbonyl (C=O) groups is 1. The number of rotatable bonds is 8. The van der Waals surface area contributed by atoms with Gasteiger partial charge in [-0.15, -0.1) is 0 Å². The number of benzene rings is 2. The van der Waals surface area contributed by atoms with E-state index in [0.717, 1.165) is 16.1 Å². The summed E-state index contributed by atoms with van der Waals surface area (Å²) in [6.45, 7) is 4.38. The van der Waals surface area contributed by atoms with Crippen molar-refractivity contribution in [2.24, 2.45) is 5.10 Å². The molecule has 0 aliphatic carbocycles. The van der Waals surface area contributed by atoms with Gasteiger partial charge in [-0.1, -0.05) is 6.92 Å². The third-order valence-corrected chi connectivity index (χ3v) is 6.17. The maximum atomic E-state index is 12.8. The topological polar surface area (TPSA) is 107 Å². The van der Waals surface area contributed by atoms with Gasteiger partial charge in [0.05, 0.1) is 24.8 Å². The molecule has 2 aromatic rings. The molecular weight excluding hydrogens is 434 g/mol. The van der Waals surface area contributed by atoms with Crippen LogP contribution in [0.3, 0.4) is 0 Å². The predicted octanol–water partition coefficient (Wildman–Crippen LogP) is 2.55. The summed E-state index contributed by atoms with van der Waals surface area (Å²) in [6.07, 6.45) is 1.60. The Labute approximate surface area is 188 Å². The Hall–Kier alpha value is -3.27. The van der Waals surface area contributed by atoms with Crippen LogP contribution in [0.1, 0.15) is 25.8 Å². The van der Waals surface area contributed by atoms with Crippen LogP contribution >= 0.6 is 0 Å². The number of nitrogens with one attached hydrogen (secondary N) is 1. The average Bonchev–Trinajstić information content (AvgIpc) is 2.78. The molecule has 1 N–H and O–H groups in total. The Kier molecular flexibility index (Phi) is 7.24. The molecule has 10 heteroatoms. The number of ether oxygens (including phenoxy) is 3. The van der Waals surface area contributed by atoms with Crippen LogP contribution in [0.4, 0.5) is 5.69 Å². The number of hydrogen-bond acceptors (Lipinski definition) is 7. The van der Waals surface area contributed by atoms with Crippen molar-refractivity contribution in [1.82, 2.24) is 5.43 Å². The van der Waals surface area contributed by atoms with Crippen LogP contribution in [0, 0.1) is 0 Å². The van der Waals surface area contributed by atoms with Crippen LogP contribution in [0.25, 0.3) is 0 Å². The largest absolute Gasteiger partial charge is 0.497 e. The highest BCUT2D eigenvalue weighted by molar-refractivity contribution is 7.92. The van der Waals surface area contributed by atoms with E-state index < -0.39 is 22.0 Å². The lowest BCUT2D eigenvalue weighted by molar-refractivity contribution is -0.121. The standard InChI is InChI=1S/C22H27N3O6S/c1-5-19(16-6-11-20-21(14-16)31-13-12-30-20)23-24-22(26)15(2)25(32(4,27)28)17-7-9-18(29-3)10-8-17/h6-11,14-15H,5,12-13H2,1-4H3,(H,24,26)/b23-19-/t15-/m0/s1. The van der Waals surface area contributed by atoms with Crippen LogP contribution < -0.4 is 23.9 Å². The van der Waals surface area contributed by atoms with Gasteiger partial charge in [-0.3, -0.25) is 9.10 Å². The van der Waals surface area contributed by atoms with E-state index in [1.165, 1.54) is 14.0 Å². The number of fused-ring (bicyclic) bond motifs is 1. The van der Waals surface area contributed by atoms with E-state index in [4.69, 9.17) is 14.2 Å². The minimum atomic E-state index is -3.74. The van der Waals surface area contributed by atoms with Gasteiger partial charge in [0.25, 0.3) is 5.91 Å². The highest BCUT2D eigenvalue weighted by Gasteiger charge is 2.29. The Morgan fingerprint density at radius 3 is 2.41 bits per heavy atom. The van der Waals surface area contributed by atoms with E-state index in [9.17, 15) is 13.2 Å². The number of nitrogens with zero attached hydrogens (tertiary/aromatic N) is 2. The second-order valence-corrected chi connectivity index (χ2v) is 9.04. The molecule has 0 aromatic heterocycles. The number of anilines is 1. The molecule has 0 unspecified atom stereocenters. The van der Waals surface area contributed by atoms with E-state index in [1.54, 1.807) is 30.3 Å². The predicted molar refractivity (Wildman–Crippen MR) is 122 cm³/mol. The molecule has 9 nitrogen and oxygen atoms in total. The van der Waals surface area contributed by atoms with Crippen LogP contribution in [-0.2, 0) is 14.8 Å². The molecule has 1 heterocycles. The fourth-order valence-electron chi connectivity index (χ4n) is 3.32. The van der Waals surface area contributed by atoms with Gasteiger partial charge >= 0.3 is 0 Å². The summed E-state index contributed by atoms with van der Waals surface area (Å²) in [6, 6.07) is 10.9. The summed E-state index contributed by atoms with van der Waals surface area (Å²) in [5.74, 6) is 1.31. The fourth-order valence-corrected chi connectivity index (χ4v) is 4.50. The highest BCUT2D eigenvalue weighted by Crippen LogP contribution is 2.31. The van der Waals surface area contributed by atoms with Crippen molar-refractivity contribution in [2.75, 3.05) is 30.9 Å². The molecule has 0 spiro atoms. The third-order valence-electron chi connectivity index (χ3n) is 4.93. The van der Waals surface area contributed by atoms with Crippen molar-refractivity contribution in [3.63, 3.8) is 0 Å². The smallest absolute Gasteiger partial charge is 0.263 e. The number of hydrogen-bond donors (Lipinski definition) is 1. The van der Waals surface area contributed by atoms with E-state index in [1.807, 2.05) is 19.1 Å². The molecule has 0 radical (unpaired) electrons. The molecule has 1 aliphatic heterocycles. The molecule has 2 aromatic carbocycles. The molecule has 0 saturated heterocycles. The van der Waals surface area contributed by atoms with E-state index in [0.29, 0.717) is 48.3 Å². The van der Waals surface area contributed by atoms with Crippen LogP contribution in [0.2, 0.25) is 0 Å². The fraction of sp³-hybridized carbons (Fsp3) is 0.364. The number of methoxy groups -OCH3 is 1. The van der Waals surface area contributed by atoms with Crippen molar-refractivity contribution in [3.8, 4) is 17.2 Å². The molecule has 0 bridgehead atoms. The summed E-state index contributed by atoms with van der Waals surface area (Å²) >= 11 is 0. The molecule has 1 aliphatic rings. The summed E-state index contributed by atoms with van der Waals surface area (Å²) in [5, 5.41) is 4.25. The van der Waals surface area contributed by atoms with Gasteiger partial charge in [0.1, 0.15) is 25.0 Å². The summed E-state index contributed by atoms with van der Waals surface area (Å²) in [5.41, 5.74) is 4.25. The third kappa shape index (κ3) is 5.31. The van der Waals surface area contributed by atoms with Crippen molar-refractivity contribution in [2.45, 2.75) is 26.3 Å². The van der Waals surface area contributed by atoms with Gasteiger partial charge in [-0.25, -0.2) is 13.8 Å². The molecular formula is C22H27N3O6S. The lowest BCUT2D eigenvalue weighted by atomic mass is 10.1. The van der Waals surface area contributed by atoms with Gasteiger partial charge < -0.3 is 14.2 Å². The Balaban J connectivity index is 1.80. The Bertz CT molecular complexity index is 1100. The second-order valence-electron chi connectivity index (χ2n) is 7.18. The number of sulfonamides is 1. The highest BCUT2D eigenvalue weighted by atomic mass is 32.2. The first-order valence-corrected chi connectivity index (χ1v) is 12.0. The molecule has 172 valence electrons. The quantitative estimate of drug-likeness (QED) is 0.478. The van der Waals surface area contributed by atoms with Crippen molar-refractivity contribution < 1.29 is 27.4 Å². The Morgan fingerprint density at radius 1 is 1.16 bits per heavy atom. The van der Waals surface area contributed by atoms with Gasteiger partial charge in [0, 0.05) is 5.56 Å². The summed E-state index contributed by atoms with van der Waals surface area (Å²) < 4.78 is 42.2. The Morgan fingerprint density at radius 2 is 1.81 bits per heavy atom. The zero-order valence-corrected chi connectivity index (χ0v) is 19.3. The average molecular weight is 462 g/mol. The zero-order valence-electron chi connectivity index (χ0n) is 18.5. The molecule has 3 rings (SSSR count). The van der Waals surface area contributed by atoms with Crippen LogP contribution in [0.15, 0.2) is 47.6 Å². The first-order chi connectivity index (χ1) is 15.2. The second kappa shape index (κ2) is 9.90.